The Labute approximate surface area is 147 Å². The van der Waals surface area contributed by atoms with E-state index in [2.05, 4.69) is 16.0 Å². The predicted octanol–water partition coefficient (Wildman–Crippen LogP) is 3.62. The summed E-state index contributed by atoms with van der Waals surface area (Å²) in [6, 6.07) is 14.0. The highest BCUT2D eigenvalue weighted by Gasteiger charge is 2.08. The second-order valence-corrected chi connectivity index (χ2v) is 5.92. The van der Waals surface area contributed by atoms with Crippen molar-refractivity contribution in [3.63, 3.8) is 0 Å². The van der Waals surface area contributed by atoms with Gasteiger partial charge in [0.2, 0.25) is 0 Å². The summed E-state index contributed by atoms with van der Waals surface area (Å²) in [6.45, 7) is 4.27. The number of carbonyl (C=O) groups excluding carboxylic acids is 2. The van der Waals surface area contributed by atoms with Gasteiger partial charge in [0, 0.05) is 30.1 Å². The fraction of sp³-hybridized carbons (Fsp3) is 0.263. The third kappa shape index (κ3) is 5.93. The highest BCUT2D eigenvalue weighted by atomic mass is 16.5. The first kappa shape index (κ1) is 18.5. The highest BCUT2D eigenvalue weighted by Crippen LogP contribution is 2.16. The molecule has 0 unspecified atom stereocenters. The summed E-state index contributed by atoms with van der Waals surface area (Å²) in [4.78, 5) is 24.1. The summed E-state index contributed by atoms with van der Waals surface area (Å²) in [5.74, 6) is -0.215. The molecule has 6 nitrogen and oxygen atoms in total. The highest BCUT2D eigenvalue weighted by molar-refractivity contribution is 6.04. The van der Waals surface area contributed by atoms with Crippen LogP contribution in [0.1, 0.15) is 29.8 Å². The predicted molar refractivity (Wildman–Crippen MR) is 98.8 cm³/mol. The van der Waals surface area contributed by atoms with Crippen LogP contribution in [0.2, 0.25) is 0 Å². The maximum absolute atomic E-state index is 12.3. The van der Waals surface area contributed by atoms with Crippen LogP contribution >= 0.6 is 0 Å². The average Bonchev–Trinajstić information content (AvgIpc) is 2.55. The molecule has 0 bridgehead atoms. The molecule has 2 aromatic rings. The van der Waals surface area contributed by atoms with E-state index < -0.39 is 0 Å². The van der Waals surface area contributed by atoms with Crippen molar-refractivity contribution in [1.82, 2.24) is 5.32 Å². The fourth-order valence-corrected chi connectivity index (χ4v) is 2.23. The van der Waals surface area contributed by atoms with E-state index >= 15 is 0 Å². The third-order valence-electron chi connectivity index (χ3n) is 3.33. The number of hydrogen-bond acceptors (Lipinski definition) is 3. The van der Waals surface area contributed by atoms with Crippen molar-refractivity contribution in [2.24, 2.45) is 0 Å². The molecule has 132 valence electrons. The molecule has 0 atom stereocenters. The molecule has 6 heteroatoms. The molecule has 0 radical (unpaired) electrons. The lowest BCUT2D eigenvalue weighted by molar-refractivity contribution is 0.102. The van der Waals surface area contributed by atoms with E-state index in [1.807, 2.05) is 26.0 Å². The lowest BCUT2D eigenvalue weighted by Crippen LogP contribution is -2.34. The number of amides is 3. The second kappa shape index (κ2) is 8.84. The van der Waals surface area contributed by atoms with Crippen molar-refractivity contribution in [3.8, 4) is 0 Å². The van der Waals surface area contributed by atoms with E-state index in [-0.39, 0.29) is 18.0 Å². The summed E-state index contributed by atoms with van der Waals surface area (Å²) in [5.41, 5.74) is 2.76. The molecule has 0 saturated carbocycles. The van der Waals surface area contributed by atoms with Gasteiger partial charge in [0.15, 0.2) is 0 Å². The summed E-state index contributed by atoms with van der Waals surface area (Å²) in [5, 5.41) is 8.30. The first-order valence-electron chi connectivity index (χ1n) is 8.04. The van der Waals surface area contributed by atoms with Gasteiger partial charge in [-0.3, -0.25) is 4.79 Å². The zero-order valence-electron chi connectivity index (χ0n) is 14.6. The summed E-state index contributed by atoms with van der Waals surface area (Å²) >= 11 is 0. The van der Waals surface area contributed by atoms with Crippen molar-refractivity contribution in [2.45, 2.75) is 26.5 Å². The summed E-state index contributed by atoms with van der Waals surface area (Å²) in [6.07, 6.45) is 0. The zero-order chi connectivity index (χ0) is 18.2. The van der Waals surface area contributed by atoms with E-state index in [0.717, 1.165) is 5.56 Å². The number of urea groups is 1. The minimum atomic E-state index is -0.285. The number of methoxy groups -OCH3 is 1. The molecule has 2 aromatic carbocycles. The smallest absolute Gasteiger partial charge is 0.319 e. The maximum Gasteiger partial charge on any atom is 0.319 e. The Morgan fingerprint density at radius 3 is 2.24 bits per heavy atom. The van der Waals surface area contributed by atoms with Gasteiger partial charge in [0.25, 0.3) is 5.91 Å². The van der Waals surface area contributed by atoms with E-state index in [9.17, 15) is 9.59 Å². The third-order valence-corrected chi connectivity index (χ3v) is 3.33. The molecule has 0 aromatic heterocycles. The number of hydrogen-bond donors (Lipinski definition) is 3. The molecule has 3 amide bonds. The van der Waals surface area contributed by atoms with Crippen molar-refractivity contribution in [2.75, 3.05) is 17.7 Å². The molecule has 0 saturated heterocycles. The Hall–Kier alpha value is -2.86. The maximum atomic E-state index is 12.3. The number of benzene rings is 2. The van der Waals surface area contributed by atoms with Gasteiger partial charge in [-0.05, 0) is 49.7 Å². The Morgan fingerprint density at radius 2 is 1.64 bits per heavy atom. The van der Waals surface area contributed by atoms with Gasteiger partial charge in [-0.25, -0.2) is 4.79 Å². The van der Waals surface area contributed by atoms with Crippen LogP contribution < -0.4 is 16.0 Å². The Balaban J connectivity index is 2.00. The Bertz CT molecular complexity index is 727. The zero-order valence-corrected chi connectivity index (χ0v) is 14.6. The van der Waals surface area contributed by atoms with Crippen molar-refractivity contribution >= 4 is 23.3 Å². The van der Waals surface area contributed by atoms with Gasteiger partial charge >= 0.3 is 6.03 Å². The van der Waals surface area contributed by atoms with Gasteiger partial charge in [0.05, 0.1) is 6.61 Å². The minimum Gasteiger partial charge on any atom is -0.380 e. The van der Waals surface area contributed by atoms with Gasteiger partial charge in [-0.1, -0.05) is 18.2 Å². The lowest BCUT2D eigenvalue weighted by Gasteiger charge is -2.11. The van der Waals surface area contributed by atoms with Crippen LogP contribution in [-0.2, 0) is 11.3 Å². The molecular weight excluding hydrogens is 318 g/mol. The first-order chi connectivity index (χ1) is 12.0. The number of carbonyl (C=O) groups is 2. The number of nitrogens with one attached hydrogen (secondary N) is 3. The molecule has 3 N–H and O–H groups in total. The van der Waals surface area contributed by atoms with Crippen molar-refractivity contribution in [1.29, 1.82) is 0 Å². The van der Waals surface area contributed by atoms with Crippen LogP contribution in [-0.4, -0.2) is 25.1 Å². The van der Waals surface area contributed by atoms with Crippen LogP contribution in [0.3, 0.4) is 0 Å². The van der Waals surface area contributed by atoms with Gasteiger partial charge < -0.3 is 20.7 Å². The molecular formula is C19H23N3O3. The summed E-state index contributed by atoms with van der Waals surface area (Å²) < 4.78 is 5.05. The molecule has 0 spiro atoms. The Kier molecular flexibility index (Phi) is 6.54. The van der Waals surface area contributed by atoms with Crippen LogP contribution in [0.15, 0.2) is 48.5 Å². The van der Waals surface area contributed by atoms with Crippen LogP contribution in [0, 0.1) is 0 Å². The Morgan fingerprint density at radius 1 is 1.00 bits per heavy atom. The van der Waals surface area contributed by atoms with Crippen molar-refractivity contribution in [3.05, 3.63) is 59.7 Å². The topological polar surface area (TPSA) is 79.5 Å². The van der Waals surface area contributed by atoms with E-state index in [1.165, 1.54) is 0 Å². The van der Waals surface area contributed by atoms with Gasteiger partial charge in [-0.15, -0.1) is 0 Å². The largest absolute Gasteiger partial charge is 0.380 e. The quantitative estimate of drug-likeness (QED) is 0.751. The average molecular weight is 341 g/mol. The number of ether oxygens (including phenoxy) is 1. The monoisotopic (exact) mass is 341 g/mol. The summed E-state index contributed by atoms with van der Waals surface area (Å²) in [7, 11) is 1.63. The van der Waals surface area contributed by atoms with Gasteiger partial charge in [-0.2, -0.15) is 0 Å². The SMILES string of the molecule is COCc1ccc(C(=O)Nc2cccc(NC(=O)NC(C)C)c2)cc1. The minimum absolute atomic E-state index is 0.0453. The lowest BCUT2D eigenvalue weighted by atomic mass is 10.1. The number of rotatable bonds is 6. The first-order valence-corrected chi connectivity index (χ1v) is 8.04. The van der Waals surface area contributed by atoms with Crippen LogP contribution in [0.5, 0.6) is 0 Å². The molecule has 25 heavy (non-hydrogen) atoms. The molecule has 0 aliphatic heterocycles. The van der Waals surface area contributed by atoms with E-state index in [1.54, 1.807) is 43.5 Å². The van der Waals surface area contributed by atoms with E-state index in [0.29, 0.717) is 23.5 Å². The van der Waals surface area contributed by atoms with Gasteiger partial charge in [0.1, 0.15) is 0 Å². The van der Waals surface area contributed by atoms with Crippen LogP contribution in [0.25, 0.3) is 0 Å². The van der Waals surface area contributed by atoms with Crippen LogP contribution in [0.4, 0.5) is 16.2 Å². The molecule has 2 rings (SSSR count). The number of anilines is 2. The molecule has 0 fully saturated rings. The molecule has 0 aliphatic carbocycles. The molecule has 0 heterocycles. The normalized spacial score (nSPS) is 10.4. The van der Waals surface area contributed by atoms with Crippen molar-refractivity contribution < 1.29 is 14.3 Å². The standard InChI is InChI=1S/C19H23N3O3/c1-13(2)20-19(24)22-17-6-4-5-16(11-17)21-18(23)15-9-7-14(8-10-15)12-25-3/h4-11,13H,12H2,1-3H3,(H,21,23)(H2,20,22,24). The molecule has 0 aliphatic rings. The fourth-order valence-electron chi connectivity index (χ4n) is 2.23. The second-order valence-electron chi connectivity index (χ2n) is 5.92. The van der Waals surface area contributed by atoms with E-state index in [4.69, 9.17) is 4.74 Å².